The van der Waals surface area contributed by atoms with E-state index in [4.69, 9.17) is 4.74 Å². The molecule has 0 aromatic heterocycles. The third-order valence-electron chi connectivity index (χ3n) is 1.69. The molecule has 2 unspecified atom stereocenters. The Labute approximate surface area is 81.7 Å². The van der Waals surface area contributed by atoms with Crippen molar-refractivity contribution in [2.75, 3.05) is 6.61 Å². The van der Waals surface area contributed by atoms with E-state index in [-0.39, 0.29) is 12.4 Å². The van der Waals surface area contributed by atoms with Crippen LogP contribution in [0.25, 0.3) is 0 Å². The van der Waals surface area contributed by atoms with Crippen molar-refractivity contribution in [1.82, 2.24) is 4.72 Å². The number of ether oxygens (including phenoxy) is 1. The molecule has 0 spiro atoms. The predicted molar refractivity (Wildman–Crippen MR) is 51.4 cm³/mol. The molecule has 0 aromatic rings. The highest BCUT2D eigenvalue weighted by Crippen LogP contribution is 2.13. The van der Waals surface area contributed by atoms with Gasteiger partial charge in [-0.1, -0.05) is 0 Å². The van der Waals surface area contributed by atoms with E-state index in [1.54, 1.807) is 0 Å². The highest BCUT2D eigenvalue weighted by atomic mass is 32.2. The first-order valence-corrected chi connectivity index (χ1v) is 5.08. The van der Waals surface area contributed by atoms with Crippen molar-refractivity contribution in [2.24, 2.45) is 15.0 Å². The number of nitrogens with zero attached hydrogens (tertiary/aromatic N) is 3. The number of hydrogen-bond acceptors (Lipinski definition) is 6. The molecular formula is C6H8N4O3S. The third kappa shape index (κ3) is 1.96. The highest BCUT2D eigenvalue weighted by molar-refractivity contribution is 7.71. The number of hydrogen-bond donors (Lipinski definition) is 2. The molecule has 0 bridgehead atoms. The van der Waals surface area contributed by atoms with E-state index < -0.39 is 23.3 Å². The zero-order valence-electron chi connectivity index (χ0n) is 7.03. The van der Waals surface area contributed by atoms with Gasteiger partial charge in [-0.3, -0.25) is 14.7 Å². The lowest BCUT2D eigenvalue weighted by atomic mass is 10.3. The number of aliphatic imine (C=N–C) groups is 3. The van der Waals surface area contributed by atoms with Crippen molar-refractivity contribution in [1.29, 1.82) is 0 Å². The average molecular weight is 216 g/mol. The Morgan fingerprint density at radius 2 is 2.21 bits per heavy atom. The number of thiol groups is 1. The van der Waals surface area contributed by atoms with Crippen LogP contribution in [0.3, 0.4) is 0 Å². The fourth-order valence-electron chi connectivity index (χ4n) is 1.15. The quantitative estimate of drug-likeness (QED) is 0.514. The van der Waals surface area contributed by atoms with Crippen LogP contribution in [-0.4, -0.2) is 45.7 Å². The lowest BCUT2D eigenvalue weighted by Crippen LogP contribution is -2.40. The lowest BCUT2D eigenvalue weighted by molar-refractivity contribution is 0.0590. The average Bonchev–Trinajstić information content (AvgIpc) is 2.17. The SMILES string of the molecule is O=[SH](=O)NC1=NC2N=CC=NC2OC1. The number of rotatable bonds is 1. The molecule has 76 valence electrons. The summed E-state index contributed by atoms with van der Waals surface area (Å²) >= 11 is 0. The van der Waals surface area contributed by atoms with E-state index in [0.29, 0.717) is 0 Å². The molecule has 2 aliphatic rings. The first-order valence-electron chi connectivity index (χ1n) is 3.90. The summed E-state index contributed by atoms with van der Waals surface area (Å²) in [5, 5.41) is 0. The molecule has 14 heavy (non-hydrogen) atoms. The van der Waals surface area contributed by atoms with Crippen molar-refractivity contribution < 1.29 is 13.2 Å². The van der Waals surface area contributed by atoms with Gasteiger partial charge in [-0.25, -0.2) is 13.4 Å². The van der Waals surface area contributed by atoms with Gasteiger partial charge in [0.2, 0.25) is 10.9 Å². The third-order valence-corrected chi connectivity index (χ3v) is 2.13. The molecule has 2 aliphatic heterocycles. The summed E-state index contributed by atoms with van der Waals surface area (Å²) in [5.41, 5.74) is 0. The zero-order chi connectivity index (χ0) is 9.97. The van der Waals surface area contributed by atoms with E-state index in [9.17, 15) is 8.42 Å². The molecule has 0 fully saturated rings. The summed E-state index contributed by atoms with van der Waals surface area (Å²) in [4.78, 5) is 12.0. The van der Waals surface area contributed by atoms with Crippen LogP contribution < -0.4 is 4.72 Å². The lowest BCUT2D eigenvalue weighted by Gasteiger charge is -2.25. The van der Waals surface area contributed by atoms with Gasteiger partial charge in [-0.2, -0.15) is 0 Å². The minimum Gasteiger partial charge on any atom is -0.344 e. The Balaban J connectivity index is 2.13. The second-order valence-electron chi connectivity index (χ2n) is 2.66. The van der Waals surface area contributed by atoms with Gasteiger partial charge in [0.05, 0.1) is 0 Å². The Hall–Kier alpha value is -1.28. The van der Waals surface area contributed by atoms with E-state index >= 15 is 0 Å². The first kappa shape index (κ1) is 9.28. The van der Waals surface area contributed by atoms with Gasteiger partial charge >= 0.3 is 0 Å². The fourth-order valence-corrected chi connectivity index (χ4v) is 1.49. The summed E-state index contributed by atoms with van der Waals surface area (Å²) in [6, 6.07) is 0. The molecule has 0 aromatic carbocycles. The molecule has 0 amide bonds. The van der Waals surface area contributed by atoms with Crippen molar-refractivity contribution in [3.63, 3.8) is 0 Å². The summed E-state index contributed by atoms with van der Waals surface area (Å²) in [6.07, 6.45) is 2.15. The smallest absolute Gasteiger partial charge is 0.223 e. The van der Waals surface area contributed by atoms with Crippen LogP contribution >= 0.6 is 0 Å². The normalized spacial score (nSPS) is 29.9. The second kappa shape index (κ2) is 3.84. The maximum atomic E-state index is 10.3. The molecule has 0 saturated carbocycles. The maximum absolute atomic E-state index is 10.3. The number of fused-ring (bicyclic) bond motifs is 1. The molecule has 2 rings (SSSR count). The van der Waals surface area contributed by atoms with Gasteiger partial charge in [0.15, 0.2) is 12.4 Å². The molecular weight excluding hydrogens is 208 g/mol. The Bertz CT molecular complexity index is 379. The Morgan fingerprint density at radius 1 is 1.43 bits per heavy atom. The van der Waals surface area contributed by atoms with Crippen LogP contribution in [0.4, 0.5) is 0 Å². The first-order chi connectivity index (χ1) is 6.75. The molecule has 0 radical (unpaired) electrons. The second-order valence-corrected chi connectivity index (χ2v) is 3.39. The highest BCUT2D eigenvalue weighted by Gasteiger charge is 2.26. The minimum absolute atomic E-state index is 0.108. The van der Waals surface area contributed by atoms with Crippen LogP contribution in [0.5, 0.6) is 0 Å². The van der Waals surface area contributed by atoms with Crippen LogP contribution in [0.1, 0.15) is 0 Å². The molecule has 2 atom stereocenters. The van der Waals surface area contributed by atoms with Gasteiger partial charge in [-0.15, -0.1) is 0 Å². The Kier molecular flexibility index (Phi) is 2.55. The van der Waals surface area contributed by atoms with Gasteiger partial charge in [0, 0.05) is 12.4 Å². The molecule has 8 heteroatoms. The van der Waals surface area contributed by atoms with Crippen LogP contribution in [-0.2, 0) is 15.6 Å². The fraction of sp³-hybridized carbons (Fsp3) is 0.500. The Morgan fingerprint density at radius 3 is 3.00 bits per heavy atom. The number of nitrogens with one attached hydrogen (secondary N) is 1. The topological polar surface area (TPSA) is 92.5 Å². The summed E-state index contributed by atoms with van der Waals surface area (Å²) in [5.74, 6) is 0.261. The van der Waals surface area contributed by atoms with Crippen molar-refractivity contribution >= 4 is 29.2 Å². The molecule has 2 heterocycles. The van der Waals surface area contributed by atoms with Crippen molar-refractivity contribution in [3.05, 3.63) is 0 Å². The van der Waals surface area contributed by atoms with Gasteiger partial charge < -0.3 is 4.74 Å². The van der Waals surface area contributed by atoms with Crippen LogP contribution in [0, 0.1) is 0 Å². The molecule has 0 aliphatic carbocycles. The van der Waals surface area contributed by atoms with Gasteiger partial charge in [0.1, 0.15) is 12.4 Å². The summed E-state index contributed by atoms with van der Waals surface area (Å²) in [6.45, 7) is 0.108. The summed E-state index contributed by atoms with van der Waals surface area (Å²) in [7, 11) is -2.70. The molecule has 0 saturated heterocycles. The van der Waals surface area contributed by atoms with Crippen LogP contribution in [0.15, 0.2) is 15.0 Å². The van der Waals surface area contributed by atoms with E-state index in [1.807, 2.05) is 0 Å². The largest absolute Gasteiger partial charge is 0.344 e. The molecule has 7 nitrogen and oxygen atoms in total. The zero-order valence-corrected chi connectivity index (χ0v) is 7.92. The van der Waals surface area contributed by atoms with Crippen LogP contribution in [0.2, 0.25) is 0 Å². The van der Waals surface area contributed by atoms with Gasteiger partial charge in [-0.05, 0) is 0 Å². The van der Waals surface area contributed by atoms with E-state index in [0.717, 1.165) is 0 Å². The summed E-state index contributed by atoms with van der Waals surface area (Å²) < 4.78 is 28.1. The van der Waals surface area contributed by atoms with Crippen molar-refractivity contribution in [3.8, 4) is 0 Å². The molecule has 1 N–H and O–H groups in total. The van der Waals surface area contributed by atoms with E-state index in [2.05, 4.69) is 19.7 Å². The minimum atomic E-state index is -2.70. The van der Waals surface area contributed by atoms with Gasteiger partial charge in [0.25, 0.3) is 0 Å². The van der Waals surface area contributed by atoms with Crippen molar-refractivity contribution in [2.45, 2.75) is 12.4 Å². The number of amidine groups is 1. The monoisotopic (exact) mass is 216 g/mol. The standard InChI is InChI=1S/C6H8N4O3S/c11-14(12)10-4-3-13-6-5(9-4)7-1-2-8-6/h1-2,5-6,14H,3H2,(H,9,10,11,12). The predicted octanol–water partition coefficient (Wildman–Crippen LogP) is -1.66. The van der Waals surface area contributed by atoms with E-state index in [1.165, 1.54) is 12.4 Å². The maximum Gasteiger partial charge on any atom is 0.223 e.